The maximum Gasteiger partial charge on any atom is 0.256 e. The van der Waals surface area contributed by atoms with E-state index < -0.39 is 17.5 Å². The van der Waals surface area contributed by atoms with Gasteiger partial charge in [0.2, 0.25) is 0 Å². The van der Waals surface area contributed by atoms with Crippen LogP contribution in [0.15, 0.2) is 36.4 Å². The van der Waals surface area contributed by atoms with Crippen molar-refractivity contribution in [2.24, 2.45) is 0 Å². The van der Waals surface area contributed by atoms with Crippen LogP contribution in [0.3, 0.4) is 0 Å². The topological polar surface area (TPSA) is 20.3 Å². The predicted molar refractivity (Wildman–Crippen MR) is 78.6 cm³/mol. The fourth-order valence-corrected chi connectivity index (χ4v) is 2.49. The Hall–Kier alpha value is -1.65. The van der Waals surface area contributed by atoms with Crippen LogP contribution < -0.4 is 0 Å². The number of carbonyl (C=O) groups is 1. The van der Waals surface area contributed by atoms with E-state index in [0.717, 1.165) is 6.07 Å². The summed E-state index contributed by atoms with van der Waals surface area (Å²) >= 11 is 11.8. The zero-order valence-corrected chi connectivity index (χ0v) is 12.6. The third-order valence-electron chi connectivity index (χ3n) is 2.87. The van der Waals surface area contributed by atoms with Gasteiger partial charge in [-0.3, -0.25) is 4.79 Å². The number of halogens is 4. The summed E-state index contributed by atoms with van der Waals surface area (Å²) in [4.78, 5) is 13.4. The molecule has 0 radical (unpaired) electrons. The second-order valence-corrected chi connectivity index (χ2v) is 5.41. The van der Waals surface area contributed by atoms with Crippen molar-refractivity contribution in [3.63, 3.8) is 0 Å². The molecule has 0 saturated carbocycles. The Kier molecular flexibility index (Phi) is 4.80. The lowest BCUT2D eigenvalue weighted by atomic mass is 10.1. The zero-order valence-electron chi connectivity index (χ0n) is 11.0. The standard InChI is InChI=1S/C15H11Cl2F2NO/c1-20(8-9-5-10(16)7-11(17)6-9)15(21)12-3-2-4-13(18)14(12)19/h2-7H,8H2,1H3. The van der Waals surface area contributed by atoms with Gasteiger partial charge in [0.1, 0.15) is 0 Å². The summed E-state index contributed by atoms with van der Waals surface area (Å²) in [6, 6.07) is 8.36. The Morgan fingerprint density at radius 3 is 2.38 bits per heavy atom. The molecular weight excluding hydrogens is 319 g/mol. The largest absolute Gasteiger partial charge is 0.337 e. The van der Waals surface area contributed by atoms with Gasteiger partial charge in [0.15, 0.2) is 11.6 Å². The summed E-state index contributed by atoms with van der Waals surface area (Å²) in [5.74, 6) is -2.83. The third kappa shape index (κ3) is 3.71. The van der Waals surface area contributed by atoms with E-state index in [0.29, 0.717) is 15.6 Å². The monoisotopic (exact) mass is 329 g/mol. The van der Waals surface area contributed by atoms with Gasteiger partial charge in [-0.2, -0.15) is 0 Å². The predicted octanol–water partition coefficient (Wildman–Crippen LogP) is 4.54. The van der Waals surface area contributed by atoms with Crippen molar-refractivity contribution >= 4 is 29.1 Å². The number of nitrogens with zero attached hydrogens (tertiary/aromatic N) is 1. The molecule has 0 atom stereocenters. The highest BCUT2D eigenvalue weighted by atomic mass is 35.5. The molecule has 0 aliphatic heterocycles. The van der Waals surface area contributed by atoms with Gasteiger partial charge in [0, 0.05) is 23.6 Å². The molecule has 2 rings (SSSR count). The summed E-state index contributed by atoms with van der Waals surface area (Å²) in [6.07, 6.45) is 0. The van der Waals surface area contributed by atoms with Gasteiger partial charge in [-0.1, -0.05) is 29.3 Å². The van der Waals surface area contributed by atoms with Gasteiger partial charge in [-0.05, 0) is 35.9 Å². The summed E-state index contributed by atoms with van der Waals surface area (Å²) < 4.78 is 26.8. The van der Waals surface area contributed by atoms with Crippen LogP contribution in [0, 0.1) is 11.6 Å². The first-order chi connectivity index (χ1) is 9.88. The summed E-state index contributed by atoms with van der Waals surface area (Å²) in [5.41, 5.74) is 0.380. The van der Waals surface area contributed by atoms with E-state index in [1.807, 2.05) is 0 Å². The zero-order chi connectivity index (χ0) is 15.6. The number of hydrogen-bond donors (Lipinski definition) is 0. The van der Waals surface area contributed by atoms with E-state index in [2.05, 4.69) is 0 Å². The highest BCUT2D eigenvalue weighted by Crippen LogP contribution is 2.21. The second kappa shape index (κ2) is 6.41. The first-order valence-corrected chi connectivity index (χ1v) is 6.78. The van der Waals surface area contributed by atoms with Crippen molar-refractivity contribution in [3.8, 4) is 0 Å². The Morgan fingerprint density at radius 2 is 1.76 bits per heavy atom. The van der Waals surface area contributed by atoms with Crippen molar-refractivity contribution in [2.75, 3.05) is 7.05 Å². The van der Waals surface area contributed by atoms with Gasteiger partial charge in [-0.25, -0.2) is 8.78 Å². The molecule has 2 nitrogen and oxygen atoms in total. The first-order valence-electron chi connectivity index (χ1n) is 6.03. The minimum atomic E-state index is -1.15. The van der Waals surface area contributed by atoms with E-state index in [-0.39, 0.29) is 12.1 Å². The lowest BCUT2D eigenvalue weighted by Gasteiger charge is -2.18. The molecule has 2 aromatic rings. The normalized spacial score (nSPS) is 10.5. The first kappa shape index (κ1) is 15.7. The Morgan fingerprint density at radius 1 is 1.14 bits per heavy atom. The summed E-state index contributed by atoms with van der Waals surface area (Å²) in [7, 11) is 1.49. The van der Waals surface area contributed by atoms with E-state index in [1.54, 1.807) is 18.2 Å². The van der Waals surface area contributed by atoms with E-state index in [1.165, 1.54) is 24.1 Å². The highest BCUT2D eigenvalue weighted by molar-refractivity contribution is 6.34. The fourth-order valence-electron chi connectivity index (χ4n) is 1.92. The minimum absolute atomic E-state index is 0.176. The smallest absolute Gasteiger partial charge is 0.256 e. The highest BCUT2D eigenvalue weighted by Gasteiger charge is 2.19. The molecule has 1 amide bonds. The number of carbonyl (C=O) groups excluding carboxylic acids is 1. The second-order valence-electron chi connectivity index (χ2n) is 4.54. The number of benzene rings is 2. The summed E-state index contributed by atoms with van der Waals surface area (Å²) in [5, 5.41) is 0.880. The molecule has 0 unspecified atom stereocenters. The number of amides is 1. The average Bonchev–Trinajstić information content (AvgIpc) is 2.40. The molecular formula is C15H11Cl2F2NO. The quantitative estimate of drug-likeness (QED) is 0.809. The van der Waals surface area contributed by atoms with Crippen molar-refractivity contribution in [3.05, 3.63) is 69.2 Å². The van der Waals surface area contributed by atoms with Gasteiger partial charge in [0.05, 0.1) is 5.56 Å². The molecule has 0 aliphatic carbocycles. The molecule has 0 aliphatic rings. The van der Waals surface area contributed by atoms with Gasteiger partial charge < -0.3 is 4.90 Å². The van der Waals surface area contributed by atoms with Crippen molar-refractivity contribution < 1.29 is 13.6 Å². The Labute approximate surface area is 130 Å². The van der Waals surface area contributed by atoms with Crippen molar-refractivity contribution in [1.29, 1.82) is 0 Å². The van der Waals surface area contributed by atoms with E-state index in [9.17, 15) is 13.6 Å². The van der Waals surface area contributed by atoms with Gasteiger partial charge >= 0.3 is 0 Å². The molecule has 0 N–H and O–H groups in total. The Balaban J connectivity index is 2.21. The van der Waals surface area contributed by atoms with Crippen LogP contribution in [0.1, 0.15) is 15.9 Å². The average molecular weight is 330 g/mol. The van der Waals surface area contributed by atoms with Crippen LogP contribution in [0.25, 0.3) is 0 Å². The van der Waals surface area contributed by atoms with Crippen LogP contribution in [0.4, 0.5) is 8.78 Å². The molecule has 0 fully saturated rings. The molecule has 21 heavy (non-hydrogen) atoms. The molecule has 0 bridgehead atoms. The molecule has 2 aromatic carbocycles. The maximum atomic E-state index is 13.6. The van der Waals surface area contributed by atoms with Crippen LogP contribution in [0.5, 0.6) is 0 Å². The maximum absolute atomic E-state index is 13.6. The molecule has 110 valence electrons. The van der Waals surface area contributed by atoms with Crippen molar-refractivity contribution in [2.45, 2.75) is 6.54 Å². The molecule has 6 heteroatoms. The fraction of sp³-hybridized carbons (Fsp3) is 0.133. The van der Waals surface area contributed by atoms with E-state index in [4.69, 9.17) is 23.2 Å². The van der Waals surface area contributed by atoms with Crippen LogP contribution in [-0.2, 0) is 6.54 Å². The molecule has 0 aromatic heterocycles. The number of hydrogen-bond acceptors (Lipinski definition) is 1. The lowest BCUT2D eigenvalue weighted by molar-refractivity contribution is 0.0779. The van der Waals surface area contributed by atoms with Gasteiger partial charge in [0.25, 0.3) is 5.91 Å². The van der Waals surface area contributed by atoms with Gasteiger partial charge in [-0.15, -0.1) is 0 Å². The lowest BCUT2D eigenvalue weighted by Crippen LogP contribution is -2.27. The summed E-state index contributed by atoms with van der Waals surface area (Å²) in [6.45, 7) is 0.176. The molecule has 0 saturated heterocycles. The SMILES string of the molecule is CN(Cc1cc(Cl)cc(Cl)c1)C(=O)c1cccc(F)c1F. The molecule has 0 heterocycles. The Bertz CT molecular complexity index is 671. The van der Waals surface area contributed by atoms with Crippen LogP contribution in [-0.4, -0.2) is 17.9 Å². The third-order valence-corrected chi connectivity index (χ3v) is 3.31. The van der Waals surface area contributed by atoms with Crippen LogP contribution in [0.2, 0.25) is 10.0 Å². The number of rotatable bonds is 3. The van der Waals surface area contributed by atoms with Crippen molar-refractivity contribution in [1.82, 2.24) is 4.90 Å². The molecule has 0 spiro atoms. The van der Waals surface area contributed by atoms with E-state index >= 15 is 0 Å². The van der Waals surface area contributed by atoms with Crippen LogP contribution >= 0.6 is 23.2 Å². The minimum Gasteiger partial charge on any atom is -0.337 e.